The van der Waals surface area contributed by atoms with Gasteiger partial charge in [0, 0.05) is 11.7 Å². The molecular formula is C15H23BN2O2. The molecule has 2 rings (SSSR count). The molecule has 0 atom stereocenters. The summed E-state index contributed by atoms with van der Waals surface area (Å²) < 4.78 is 12.0. The third kappa shape index (κ3) is 3.11. The van der Waals surface area contributed by atoms with E-state index >= 15 is 0 Å². The number of pyridine rings is 1. The predicted molar refractivity (Wildman–Crippen MR) is 82.7 cm³/mol. The molecule has 1 fully saturated rings. The monoisotopic (exact) mass is 274 g/mol. The molecule has 4 nitrogen and oxygen atoms in total. The lowest BCUT2D eigenvalue weighted by atomic mass is 9.80. The minimum absolute atomic E-state index is 0.322. The molecule has 0 unspecified atom stereocenters. The Morgan fingerprint density at radius 3 is 2.35 bits per heavy atom. The summed E-state index contributed by atoms with van der Waals surface area (Å²) >= 11 is 0. The molecular weight excluding hydrogens is 251 g/mol. The van der Waals surface area contributed by atoms with E-state index in [1.54, 1.807) is 0 Å². The third-order valence-corrected chi connectivity index (χ3v) is 3.96. The average Bonchev–Trinajstić information content (AvgIpc) is 2.60. The zero-order chi connectivity index (χ0) is 14.8. The number of rotatable bonds is 4. The summed E-state index contributed by atoms with van der Waals surface area (Å²) in [5.41, 5.74) is 6.66. The van der Waals surface area contributed by atoms with Gasteiger partial charge >= 0.3 is 7.12 Å². The van der Waals surface area contributed by atoms with Gasteiger partial charge in [0.1, 0.15) is 0 Å². The average molecular weight is 274 g/mol. The molecule has 20 heavy (non-hydrogen) atoms. The van der Waals surface area contributed by atoms with Crippen LogP contribution in [0, 0.1) is 0 Å². The van der Waals surface area contributed by atoms with Crippen molar-refractivity contribution in [1.29, 1.82) is 0 Å². The van der Waals surface area contributed by atoms with Crippen molar-refractivity contribution in [2.75, 3.05) is 6.54 Å². The molecule has 0 bridgehead atoms. The molecule has 108 valence electrons. The van der Waals surface area contributed by atoms with Crippen molar-refractivity contribution < 1.29 is 9.31 Å². The van der Waals surface area contributed by atoms with Gasteiger partial charge in [-0.2, -0.15) is 0 Å². The van der Waals surface area contributed by atoms with Gasteiger partial charge in [0.2, 0.25) is 0 Å². The van der Waals surface area contributed by atoms with Crippen molar-refractivity contribution in [3.63, 3.8) is 0 Å². The maximum absolute atomic E-state index is 5.99. The number of nitrogens with two attached hydrogens (primary N) is 1. The van der Waals surface area contributed by atoms with Gasteiger partial charge in [-0.25, -0.2) is 0 Å². The van der Waals surface area contributed by atoms with E-state index in [0.717, 1.165) is 17.6 Å². The topological polar surface area (TPSA) is 57.4 Å². The Hall–Kier alpha value is -1.17. The normalized spacial score (nSPS) is 20.8. The van der Waals surface area contributed by atoms with Crippen LogP contribution in [0.5, 0.6) is 0 Å². The summed E-state index contributed by atoms with van der Waals surface area (Å²) in [6, 6.07) is 3.96. The Bertz CT molecular complexity index is 467. The largest absolute Gasteiger partial charge is 0.496 e. The van der Waals surface area contributed by atoms with Crippen LogP contribution in [0.25, 0.3) is 6.08 Å². The zero-order valence-corrected chi connectivity index (χ0v) is 12.7. The third-order valence-electron chi connectivity index (χ3n) is 3.96. The van der Waals surface area contributed by atoms with Gasteiger partial charge in [0.15, 0.2) is 0 Å². The van der Waals surface area contributed by atoms with Gasteiger partial charge in [0.05, 0.1) is 16.9 Å². The first-order valence-corrected chi connectivity index (χ1v) is 7.04. The second-order valence-electron chi connectivity index (χ2n) is 6.08. The highest BCUT2D eigenvalue weighted by Crippen LogP contribution is 2.36. The highest BCUT2D eigenvalue weighted by Gasteiger charge is 2.51. The fourth-order valence-corrected chi connectivity index (χ4v) is 1.93. The first-order valence-electron chi connectivity index (χ1n) is 7.04. The predicted octanol–water partition coefficient (Wildman–Crippen LogP) is 1.74. The summed E-state index contributed by atoms with van der Waals surface area (Å²) in [5, 5.41) is 0. The summed E-state index contributed by atoms with van der Waals surface area (Å²) in [7, 11) is -0.352. The lowest BCUT2D eigenvalue weighted by Crippen LogP contribution is -2.41. The molecule has 0 aliphatic carbocycles. The molecule has 2 heterocycles. The Kier molecular flexibility index (Phi) is 4.32. The van der Waals surface area contributed by atoms with E-state index in [-0.39, 0.29) is 18.3 Å². The maximum atomic E-state index is 5.99. The molecule has 0 radical (unpaired) electrons. The van der Waals surface area contributed by atoms with Crippen LogP contribution in [0.1, 0.15) is 39.8 Å². The molecule has 2 N–H and O–H groups in total. The van der Waals surface area contributed by atoms with Crippen LogP contribution in [0.15, 0.2) is 24.4 Å². The number of aromatic nitrogens is 1. The molecule has 1 aromatic rings. The van der Waals surface area contributed by atoms with E-state index in [1.807, 2.05) is 58.2 Å². The van der Waals surface area contributed by atoms with Crippen LogP contribution in [-0.4, -0.2) is 29.8 Å². The fourth-order valence-electron chi connectivity index (χ4n) is 1.93. The van der Waals surface area contributed by atoms with Gasteiger partial charge in [0.25, 0.3) is 0 Å². The lowest BCUT2D eigenvalue weighted by molar-refractivity contribution is 0.00578. The van der Waals surface area contributed by atoms with Crippen LogP contribution in [0.2, 0.25) is 0 Å². The van der Waals surface area contributed by atoms with Crippen molar-refractivity contribution in [3.8, 4) is 0 Å². The Labute approximate surface area is 121 Å². The number of hydrogen-bond donors (Lipinski definition) is 1. The maximum Gasteiger partial charge on any atom is 0.496 e. The molecule has 0 saturated carbocycles. The first kappa shape index (κ1) is 15.2. The van der Waals surface area contributed by atoms with Crippen LogP contribution >= 0.6 is 0 Å². The quantitative estimate of drug-likeness (QED) is 0.850. The summed E-state index contributed by atoms with van der Waals surface area (Å²) in [6.45, 7) is 8.84. The molecule has 1 aromatic heterocycles. The lowest BCUT2D eigenvalue weighted by Gasteiger charge is -2.32. The van der Waals surface area contributed by atoms with Gasteiger partial charge in [-0.05, 0) is 52.8 Å². The molecule has 0 aromatic carbocycles. The van der Waals surface area contributed by atoms with E-state index in [0.29, 0.717) is 6.54 Å². The Morgan fingerprint density at radius 1 is 1.20 bits per heavy atom. The van der Waals surface area contributed by atoms with Gasteiger partial charge in [-0.15, -0.1) is 0 Å². The SMILES string of the molecule is CC1(C)OB(c2ccc(C=CCCN)nc2)OC1(C)C. The van der Waals surface area contributed by atoms with E-state index in [9.17, 15) is 0 Å². The number of nitrogens with zero attached hydrogens (tertiary/aromatic N) is 1. The highest BCUT2D eigenvalue weighted by molar-refractivity contribution is 6.62. The minimum atomic E-state index is -0.352. The van der Waals surface area contributed by atoms with Crippen molar-refractivity contribution in [1.82, 2.24) is 4.98 Å². The summed E-state index contributed by atoms with van der Waals surface area (Å²) in [6.07, 6.45) is 6.67. The van der Waals surface area contributed by atoms with E-state index in [4.69, 9.17) is 15.0 Å². The van der Waals surface area contributed by atoms with Gasteiger partial charge in [-0.3, -0.25) is 4.98 Å². The highest BCUT2D eigenvalue weighted by atomic mass is 16.7. The minimum Gasteiger partial charge on any atom is -0.399 e. The molecule has 0 amide bonds. The Morgan fingerprint density at radius 2 is 1.85 bits per heavy atom. The van der Waals surface area contributed by atoms with Crippen molar-refractivity contribution in [2.24, 2.45) is 5.73 Å². The molecule has 5 heteroatoms. The molecule has 1 aliphatic heterocycles. The Balaban J connectivity index is 2.08. The van der Waals surface area contributed by atoms with Crippen LogP contribution in [-0.2, 0) is 9.31 Å². The van der Waals surface area contributed by atoms with Crippen LogP contribution in [0.4, 0.5) is 0 Å². The zero-order valence-electron chi connectivity index (χ0n) is 12.7. The van der Waals surface area contributed by atoms with Crippen LogP contribution < -0.4 is 11.2 Å². The van der Waals surface area contributed by atoms with Crippen molar-refractivity contribution in [3.05, 3.63) is 30.1 Å². The number of hydrogen-bond acceptors (Lipinski definition) is 4. The van der Waals surface area contributed by atoms with Crippen molar-refractivity contribution in [2.45, 2.75) is 45.3 Å². The van der Waals surface area contributed by atoms with Gasteiger partial charge in [-0.1, -0.05) is 12.1 Å². The standard InChI is InChI=1S/C15H23BN2O2/c1-14(2)15(3,4)20-16(19-14)12-8-9-13(18-11-12)7-5-6-10-17/h5,7-9,11H,6,10,17H2,1-4H3. The van der Waals surface area contributed by atoms with E-state index < -0.39 is 0 Å². The molecule has 0 spiro atoms. The first-order chi connectivity index (χ1) is 9.36. The van der Waals surface area contributed by atoms with Crippen LogP contribution in [0.3, 0.4) is 0 Å². The smallest absolute Gasteiger partial charge is 0.399 e. The second-order valence-corrected chi connectivity index (χ2v) is 6.08. The molecule has 1 saturated heterocycles. The second kappa shape index (κ2) is 5.68. The van der Waals surface area contributed by atoms with E-state index in [1.165, 1.54) is 0 Å². The summed E-state index contributed by atoms with van der Waals surface area (Å²) in [5.74, 6) is 0. The fraction of sp³-hybridized carbons (Fsp3) is 0.533. The van der Waals surface area contributed by atoms with Crippen molar-refractivity contribution >= 4 is 18.7 Å². The summed E-state index contributed by atoms with van der Waals surface area (Å²) in [4.78, 5) is 4.40. The molecule has 1 aliphatic rings. The van der Waals surface area contributed by atoms with E-state index in [2.05, 4.69) is 4.98 Å². The van der Waals surface area contributed by atoms with Gasteiger partial charge < -0.3 is 15.0 Å².